The highest BCUT2D eigenvalue weighted by molar-refractivity contribution is 5.82. The molecule has 0 aromatic heterocycles. The number of fused-ring (bicyclic) bond motifs is 1. The lowest BCUT2D eigenvalue weighted by molar-refractivity contribution is 0.419. The quantitative estimate of drug-likeness (QED) is 0.699. The van der Waals surface area contributed by atoms with Gasteiger partial charge in [-0.1, -0.05) is 69.5 Å². The van der Waals surface area contributed by atoms with Gasteiger partial charge >= 0.3 is 0 Å². The monoisotopic (exact) mass is 269 g/mol. The minimum atomic E-state index is 0.829. The molecule has 0 fully saturated rings. The first-order chi connectivity index (χ1) is 9.83. The van der Waals surface area contributed by atoms with Crippen molar-refractivity contribution in [3.05, 3.63) is 48.0 Å². The summed E-state index contributed by atoms with van der Waals surface area (Å²) >= 11 is 0. The molecule has 0 amide bonds. The van der Waals surface area contributed by atoms with E-state index in [1.807, 2.05) is 0 Å². The summed E-state index contributed by atoms with van der Waals surface area (Å²) in [5, 5.41) is 6.29. The molecule has 2 aromatic rings. The van der Waals surface area contributed by atoms with Crippen LogP contribution in [0.3, 0.4) is 0 Å². The van der Waals surface area contributed by atoms with Crippen LogP contribution in [0.15, 0.2) is 42.5 Å². The Morgan fingerprint density at radius 1 is 1.00 bits per heavy atom. The second kappa shape index (κ2) is 8.06. The average Bonchev–Trinajstić information content (AvgIpc) is 2.50. The summed E-state index contributed by atoms with van der Waals surface area (Å²) in [4.78, 5) is 0. The number of unbranched alkanes of at least 4 members (excludes halogenated alkanes) is 1. The van der Waals surface area contributed by atoms with Crippen molar-refractivity contribution in [2.24, 2.45) is 5.92 Å². The molecule has 0 aliphatic heterocycles. The van der Waals surface area contributed by atoms with Crippen molar-refractivity contribution in [2.45, 2.75) is 46.1 Å². The van der Waals surface area contributed by atoms with E-state index < -0.39 is 0 Å². The Bertz CT molecular complexity index is 518. The van der Waals surface area contributed by atoms with Gasteiger partial charge in [0, 0.05) is 6.54 Å². The highest BCUT2D eigenvalue weighted by Gasteiger charge is 2.05. The summed E-state index contributed by atoms with van der Waals surface area (Å²) < 4.78 is 0. The van der Waals surface area contributed by atoms with Gasteiger partial charge in [0.05, 0.1) is 0 Å². The fraction of sp³-hybridized carbons (Fsp3) is 0.474. The Kier molecular flexibility index (Phi) is 6.07. The Labute approximate surface area is 123 Å². The number of nitrogens with one attached hydrogen (secondary N) is 1. The van der Waals surface area contributed by atoms with Crippen molar-refractivity contribution in [1.82, 2.24) is 5.32 Å². The van der Waals surface area contributed by atoms with Crippen LogP contribution in [0.4, 0.5) is 0 Å². The zero-order valence-electron chi connectivity index (χ0n) is 12.9. The second-order valence-corrected chi connectivity index (χ2v) is 5.73. The topological polar surface area (TPSA) is 12.0 Å². The van der Waals surface area contributed by atoms with E-state index in [2.05, 4.69) is 61.6 Å². The van der Waals surface area contributed by atoms with Crippen LogP contribution in [0.2, 0.25) is 0 Å². The van der Waals surface area contributed by atoms with Crippen molar-refractivity contribution < 1.29 is 0 Å². The van der Waals surface area contributed by atoms with E-state index in [1.165, 1.54) is 42.0 Å². The van der Waals surface area contributed by atoms with E-state index in [9.17, 15) is 0 Å². The normalized spacial score (nSPS) is 12.7. The van der Waals surface area contributed by atoms with E-state index in [1.54, 1.807) is 0 Å². The smallest absolute Gasteiger partial charge is 0.0205 e. The van der Waals surface area contributed by atoms with Gasteiger partial charge in [0.1, 0.15) is 0 Å². The van der Waals surface area contributed by atoms with E-state index in [4.69, 9.17) is 0 Å². The number of hydrogen-bond donors (Lipinski definition) is 1. The molecule has 1 heteroatoms. The standard InChI is InChI=1S/C19H27N/c1-3-5-8-16(4-2)14-20-15-17-11-12-18-9-6-7-10-19(18)13-17/h6-7,9-13,16,20H,3-5,8,14-15H2,1-2H3. The molecular formula is C19H27N. The van der Waals surface area contributed by atoms with Crippen LogP contribution in [-0.4, -0.2) is 6.54 Å². The third-order valence-corrected chi connectivity index (χ3v) is 4.12. The van der Waals surface area contributed by atoms with E-state index in [0.29, 0.717) is 0 Å². The molecule has 0 saturated heterocycles. The molecule has 0 spiro atoms. The summed E-state index contributed by atoms with van der Waals surface area (Å²) in [5.41, 5.74) is 1.38. The Morgan fingerprint density at radius 3 is 2.55 bits per heavy atom. The maximum absolute atomic E-state index is 3.63. The van der Waals surface area contributed by atoms with Crippen molar-refractivity contribution in [3.63, 3.8) is 0 Å². The molecule has 20 heavy (non-hydrogen) atoms. The molecule has 0 radical (unpaired) electrons. The average molecular weight is 269 g/mol. The Hall–Kier alpha value is -1.34. The number of rotatable bonds is 8. The maximum Gasteiger partial charge on any atom is 0.0205 e. The Balaban J connectivity index is 1.85. The summed E-state index contributed by atoms with van der Waals surface area (Å²) in [7, 11) is 0. The van der Waals surface area contributed by atoms with Gasteiger partial charge < -0.3 is 5.32 Å². The zero-order valence-corrected chi connectivity index (χ0v) is 12.9. The first-order valence-corrected chi connectivity index (χ1v) is 8.02. The van der Waals surface area contributed by atoms with Crippen LogP contribution in [0.25, 0.3) is 10.8 Å². The summed E-state index contributed by atoms with van der Waals surface area (Å²) in [6.45, 7) is 6.70. The van der Waals surface area contributed by atoms with Gasteiger partial charge in [-0.2, -0.15) is 0 Å². The third-order valence-electron chi connectivity index (χ3n) is 4.12. The molecule has 1 atom stereocenters. The van der Waals surface area contributed by atoms with Gasteiger partial charge in [-0.15, -0.1) is 0 Å². The third kappa shape index (κ3) is 4.35. The van der Waals surface area contributed by atoms with Crippen molar-refractivity contribution in [1.29, 1.82) is 0 Å². The van der Waals surface area contributed by atoms with Crippen LogP contribution < -0.4 is 5.32 Å². The first-order valence-electron chi connectivity index (χ1n) is 8.02. The van der Waals surface area contributed by atoms with Crippen molar-refractivity contribution >= 4 is 10.8 Å². The molecule has 0 heterocycles. The molecular weight excluding hydrogens is 242 g/mol. The first kappa shape index (κ1) is 15.1. The zero-order chi connectivity index (χ0) is 14.2. The SMILES string of the molecule is CCCCC(CC)CNCc1ccc2ccccc2c1. The van der Waals surface area contributed by atoms with E-state index in [0.717, 1.165) is 19.0 Å². The molecule has 0 aliphatic rings. The lowest BCUT2D eigenvalue weighted by Gasteiger charge is -2.15. The lowest BCUT2D eigenvalue weighted by Crippen LogP contribution is -2.22. The maximum atomic E-state index is 3.63. The predicted octanol–water partition coefficient (Wildman–Crippen LogP) is 5.15. The largest absolute Gasteiger partial charge is 0.312 e. The minimum Gasteiger partial charge on any atom is -0.312 e. The number of benzene rings is 2. The van der Waals surface area contributed by atoms with Crippen LogP contribution in [0, 0.1) is 5.92 Å². The molecule has 0 bridgehead atoms. The molecule has 0 saturated carbocycles. The molecule has 2 aromatic carbocycles. The van der Waals surface area contributed by atoms with Crippen LogP contribution in [0.1, 0.15) is 45.1 Å². The molecule has 1 unspecified atom stereocenters. The predicted molar refractivity (Wildman–Crippen MR) is 89.0 cm³/mol. The van der Waals surface area contributed by atoms with Crippen LogP contribution >= 0.6 is 0 Å². The Morgan fingerprint density at radius 2 is 1.80 bits per heavy atom. The highest BCUT2D eigenvalue weighted by Crippen LogP contribution is 2.16. The van der Waals surface area contributed by atoms with E-state index >= 15 is 0 Å². The number of hydrogen-bond acceptors (Lipinski definition) is 1. The van der Waals surface area contributed by atoms with Gasteiger partial charge in [-0.05, 0) is 41.3 Å². The fourth-order valence-electron chi connectivity index (χ4n) is 2.71. The van der Waals surface area contributed by atoms with Gasteiger partial charge in [0.25, 0.3) is 0 Å². The van der Waals surface area contributed by atoms with Gasteiger partial charge in [-0.3, -0.25) is 0 Å². The summed E-state index contributed by atoms with van der Waals surface area (Å²) in [6, 6.07) is 15.3. The van der Waals surface area contributed by atoms with Crippen molar-refractivity contribution in [3.8, 4) is 0 Å². The molecule has 0 aliphatic carbocycles. The van der Waals surface area contributed by atoms with Crippen LogP contribution in [0.5, 0.6) is 0 Å². The van der Waals surface area contributed by atoms with Gasteiger partial charge in [0.15, 0.2) is 0 Å². The molecule has 108 valence electrons. The van der Waals surface area contributed by atoms with Gasteiger partial charge in [0.2, 0.25) is 0 Å². The summed E-state index contributed by atoms with van der Waals surface area (Å²) in [6.07, 6.45) is 5.31. The molecule has 1 nitrogen and oxygen atoms in total. The highest BCUT2D eigenvalue weighted by atomic mass is 14.9. The van der Waals surface area contributed by atoms with Gasteiger partial charge in [-0.25, -0.2) is 0 Å². The molecule has 1 N–H and O–H groups in total. The van der Waals surface area contributed by atoms with Crippen molar-refractivity contribution in [2.75, 3.05) is 6.54 Å². The molecule has 2 rings (SSSR count). The minimum absolute atomic E-state index is 0.829. The van der Waals surface area contributed by atoms with Crippen LogP contribution in [-0.2, 0) is 6.54 Å². The lowest BCUT2D eigenvalue weighted by atomic mass is 9.99. The van der Waals surface area contributed by atoms with E-state index in [-0.39, 0.29) is 0 Å². The fourth-order valence-corrected chi connectivity index (χ4v) is 2.71. The summed E-state index contributed by atoms with van der Waals surface area (Å²) in [5.74, 6) is 0.829. The second-order valence-electron chi connectivity index (χ2n) is 5.73.